The molecule has 0 aliphatic carbocycles. The van der Waals surface area contributed by atoms with Gasteiger partial charge in [0.1, 0.15) is 0 Å². The van der Waals surface area contributed by atoms with E-state index in [2.05, 4.69) is 9.72 Å². The van der Waals surface area contributed by atoms with Gasteiger partial charge in [-0.15, -0.1) is 0 Å². The van der Waals surface area contributed by atoms with E-state index in [-0.39, 0.29) is 10.8 Å². The molecule has 12 heteroatoms. The minimum Gasteiger partial charge on any atom is -0.393 e. The summed E-state index contributed by atoms with van der Waals surface area (Å²) in [6, 6.07) is 0. The third-order valence-corrected chi connectivity index (χ3v) is 3.29. The zero-order valence-electron chi connectivity index (χ0n) is 10.6. The molecule has 1 aromatic heterocycles. The molecule has 0 saturated carbocycles. The van der Waals surface area contributed by atoms with Gasteiger partial charge in [-0.05, 0) is 0 Å². The first-order valence-electron chi connectivity index (χ1n) is 5.74. The molecule has 0 aromatic carbocycles. The molecule has 1 aliphatic heterocycles. The molecule has 22 heavy (non-hydrogen) atoms. The van der Waals surface area contributed by atoms with Crippen molar-refractivity contribution in [1.82, 2.24) is 9.55 Å². The fraction of sp³-hybridized carbons (Fsp3) is 0.600. The van der Waals surface area contributed by atoms with E-state index in [4.69, 9.17) is 10.8 Å². The Hall–Kier alpha value is -1.79. The maximum Gasteiger partial charge on any atom is 0.352 e. The Kier molecular flexibility index (Phi) is 3.87. The highest BCUT2D eigenvalue weighted by molar-refractivity contribution is 5.26. The SMILES string of the molecule is Nc1nc(=O)n([C@@H]2O[C@@](CO)(C(F)F)[C@@H](O)C2(F)F)cc1F. The number of hydrogen-bond acceptors (Lipinski definition) is 6. The summed E-state index contributed by atoms with van der Waals surface area (Å²) < 4.78 is 71.4. The molecule has 7 nitrogen and oxygen atoms in total. The van der Waals surface area contributed by atoms with Gasteiger partial charge in [-0.2, -0.15) is 13.8 Å². The molecule has 1 saturated heterocycles. The summed E-state index contributed by atoms with van der Waals surface area (Å²) in [7, 11) is 0. The number of anilines is 1. The summed E-state index contributed by atoms with van der Waals surface area (Å²) in [5.74, 6) is -6.68. The van der Waals surface area contributed by atoms with Crippen LogP contribution < -0.4 is 11.4 Å². The highest BCUT2D eigenvalue weighted by Gasteiger charge is 2.70. The summed E-state index contributed by atoms with van der Waals surface area (Å²) in [5.41, 5.74) is 0.145. The van der Waals surface area contributed by atoms with Crippen LogP contribution in [0.2, 0.25) is 0 Å². The number of halogens is 5. The second kappa shape index (κ2) is 5.14. The smallest absolute Gasteiger partial charge is 0.352 e. The van der Waals surface area contributed by atoms with Crippen LogP contribution in [0.4, 0.5) is 27.8 Å². The van der Waals surface area contributed by atoms with E-state index < -0.39 is 54.2 Å². The van der Waals surface area contributed by atoms with Crippen LogP contribution in [-0.2, 0) is 4.74 Å². The van der Waals surface area contributed by atoms with Crippen LogP contribution in [0, 0.1) is 5.82 Å². The summed E-state index contributed by atoms with van der Waals surface area (Å²) in [6.45, 7) is -1.66. The van der Waals surface area contributed by atoms with Crippen molar-refractivity contribution in [3.63, 3.8) is 0 Å². The van der Waals surface area contributed by atoms with Gasteiger partial charge in [0, 0.05) is 0 Å². The van der Waals surface area contributed by atoms with Crippen molar-refractivity contribution >= 4 is 5.82 Å². The number of nitrogen functional groups attached to an aromatic ring is 1. The lowest BCUT2D eigenvalue weighted by Crippen LogP contribution is -2.53. The molecule has 1 fully saturated rings. The fourth-order valence-corrected chi connectivity index (χ4v) is 2.04. The van der Waals surface area contributed by atoms with E-state index in [0.29, 0.717) is 0 Å². The monoisotopic (exact) mass is 331 g/mol. The van der Waals surface area contributed by atoms with Crippen LogP contribution in [0.1, 0.15) is 6.23 Å². The van der Waals surface area contributed by atoms with E-state index in [1.54, 1.807) is 0 Å². The lowest BCUT2D eigenvalue weighted by molar-refractivity contribution is -0.196. The zero-order chi connectivity index (χ0) is 16.9. The van der Waals surface area contributed by atoms with Gasteiger partial charge in [0.2, 0.25) is 6.23 Å². The van der Waals surface area contributed by atoms with E-state index in [1.807, 2.05) is 0 Å². The van der Waals surface area contributed by atoms with Crippen molar-refractivity contribution in [2.45, 2.75) is 30.3 Å². The van der Waals surface area contributed by atoms with Crippen molar-refractivity contribution < 1.29 is 36.9 Å². The molecule has 0 bridgehead atoms. The topological polar surface area (TPSA) is 111 Å². The zero-order valence-corrected chi connectivity index (χ0v) is 10.6. The van der Waals surface area contributed by atoms with E-state index >= 15 is 0 Å². The number of aromatic nitrogens is 2. The van der Waals surface area contributed by atoms with Gasteiger partial charge >= 0.3 is 11.6 Å². The molecule has 2 rings (SSSR count). The predicted molar refractivity (Wildman–Crippen MR) is 59.8 cm³/mol. The first-order valence-corrected chi connectivity index (χ1v) is 5.74. The number of nitrogens with two attached hydrogens (primary N) is 1. The molecule has 124 valence electrons. The Balaban J connectivity index is 2.58. The number of rotatable bonds is 3. The van der Waals surface area contributed by atoms with E-state index in [1.165, 1.54) is 0 Å². The van der Waals surface area contributed by atoms with Crippen LogP contribution >= 0.6 is 0 Å². The first-order chi connectivity index (χ1) is 10.1. The lowest BCUT2D eigenvalue weighted by atomic mass is 9.96. The van der Waals surface area contributed by atoms with E-state index in [9.17, 15) is 31.9 Å². The highest BCUT2D eigenvalue weighted by atomic mass is 19.3. The molecule has 1 aromatic rings. The Labute approximate surface area is 118 Å². The molecule has 4 N–H and O–H groups in total. The Bertz CT molecular complexity index is 639. The largest absolute Gasteiger partial charge is 0.393 e. The molecule has 0 radical (unpaired) electrons. The molecule has 1 aliphatic rings. The minimum absolute atomic E-state index is 0.116. The van der Waals surface area contributed by atoms with Gasteiger partial charge in [0.25, 0.3) is 6.43 Å². The van der Waals surface area contributed by atoms with Gasteiger partial charge in [-0.25, -0.2) is 18.0 Å². The predicted octanol–water partition coefficient (Wildman–Crippen LogP) is -0.514. The number of ether oxygens (including phenoxy) is 1. The van der Waals surface area contributed by atoms with Gasteiger partial charge in [-0.1, -0.05) is 0 Å². The fourth-order valence-electron chi connectivity index (χ4n) is 2.04. The highest BCUT2D eigenvalue weighted by Crippen LogP contribution is 2.49. The number of alkyl halides is 4. The Morgan fingerprint density at radius 1 is 1.50 bits per heavy atom. The van der Waals surface area contributed by atoms with E-state index in [0.717, 1.165) is 0 Å². The van der Waals surface area contributed by atoms with Crippen molar-refractivity contribution in [2.24, 2.45) is 0 Å². The minimum atomic E-state index is -4.42. The van der Waals surface area contributed by atoms with Gasteiger partial charge in [-0.3, -0.25) is 4.57 Å². The molecule has 2 heterocycles. The average Bonchev–Trinajstić information content (AvgIpc) is 2.63. The number of aliphatic hydroxyl groups excluding tert-OH is 2. The Morgan fingerprint density at radius 3 is 2.55 bits per heavy atom. The number of nitrogens with zero attached hydrogens (tertiary/aromatic N) is 2. The third-order valence-electron chi connectivity index (χ3n) is 3.29. The van der Waals surface area contributed by atoms with Gasteiger partial charge in [0.05, 0.1) is 12.8 Å². The van der Waals surface area contributed by atoms with Crippen molar-refractivity contribution in [2.75, 3.05) is 12.3 Å². The summed E-state index contributed by atoms with van der Waals surface area (Å²) in [5, 5.41) is 18.3. The second-order valence-electron chi connectivity index (χ2n) is 4.62. The first kappa shape index (κ1) is 16.6. The molecule has 3 atom stereocenters. The van der Waals surface area contributed by atoms with Crippen LogP contribution in [0.25, 0.3) is 0 Å². The van der Waals surface area contributed by atoms with Crippen LogP contribution in [-0.4, -0.2) is 50.4 Å². The van der Waals surface area contributed by atoms with Crippen LogP contribution in [0.3, 0.4) is 0 Å². The van der Waals surface area contributed by atoms with Crippen molar-refractivity contribution in [1.29, 1.82) is 0 Å². The van der Waals surface area contributed by atoms with Crippen molar-refractivity contribution in [3.8, 4) is 0 Å². The molecule has 0 spiro atoms. The molecule has 0 amide bonds. The van der Waals surface area contributed by atoms with Gasteiger partial charge < -0.3 is 20.7 Å². The molecular weight excluding hydrogens is 321 g/mol. The molecule has 0 unspecified atom stereocenters. The van der Waals surface area contributed by atoms with Crippen LogP contribution in [0.15, 0.2) is 11.0 Å². The third kappa shape index (κ3) is 2.14. The normalized spacial score (nSPS) is 30.9. The van der Waals surface area contributed by atoms with Crippen molar-refractivity contribution in [3.05, 3.63) is 22.5 Å². The number of hydrogen-bond donors (Lipinski definition) is 3. The second-order valence-corrected chi connectivity index (χ2v) is 4.62. The quantitative estimate of drug-likeness (QED) is 0.643. The lowest BCUT2D eigenvalue weighted by Gasteiger charge is -2.28. The summed E-state index contributed by atoms with van der Waals surface area (Å²) >= 11 is 0. The van der Waals surface area contributed by atoms with Crippen LogP contribution in [0.5, 0.6) is 0 Å². The average molecular weight is 331 g/mol. The standard InChI is InChI=1S/C10H10F5N3O4/c11-3-1-18(8(21)17-4(3)16)7-10(14,15)5(20)9(2-19,22-7)6(12)13/h1,5-7,19-20H,2H2,(H2,16,17,21)/t5-,7-,9-/m1/s1. The Morgan fingerprint density at radius 2 is 2.09 bits per heavy atom. The maximum atomic E-state index is 14.0. The molecular formula is C10H10F5N3O4. The maximum absolute atomic E-state index is 14.0. The summed E-state index contributed by atoms with van der Waals surface area (Å²) in [4.78, 5) is 14.4. The van der Waals surface area contributed by atoms with Gasteiger partial charge in [0.15, 0.2) is 23.3 Å². The number of aliphatic hydroxyl groups is 2. The summed E-state index contributed by atoms with van der Waals surface area (Å²) in [6.07, 6.45) is -9.44.